The van der Waals surface area contributed by atoms with Gasteiger partial charge in [0.15, 0.2) is 5.76 Å². The summed E-state index contributed by atoms with van der Waals surface area (Å²) in [5.74, 6) is 0.569. The van der Waals surface area contributed by atoms with Crippen molar-refractivity contribution in [3.63, 3.8) is 0 Å². The van der Waals surface area contributed by atoms with Crippen LogP contribution < -0.4 is 20.7 Å². The second-order valence-corrected chi connectivity index (χ2v) is 6.95. The average molecular weight is 407 g/mol. The van der Waals surface area contributed by atoms with Gasteiger partial charge in [-0.3, -0.25) is 9.59 Å². The van der Waals surface area contributed by atoms with Gasteiger partial charge in [-0.1, -0.05) is 18.2 Å². The molecule has 156 valence electrons. The number of amides is 2. The van der Waals surface area contributed by atoms with Crippen molar-refractivity contribution in [3.8, 4) is 5.75 Å². The highest BCUT2D eigenvalue weighted by Crippen LogP contribution is 2.16. The van der Waals surface area contributed by atoms with Gasteiger partial charge in [-0.25, -0.2) is 0 Å². The molecule has 7 heteroatoms. The predicted octanol–water partition coefficient (Wildman–Crippen LogP) is 4.05. The minimum atomic E-state index is -0.334. The molecule has 3 rings (SSSR count). The number of hydrogen-bond donors (Lipinski definition) is 3. The van der Waals surface area contributed by atoms with E-state index in [1.807, 2.05) is 44.2 Å². The van der Waals surface area contributed by atoms with Gasteiger partial charge in [-0.05, 0) is 61.9 Å². The zero-order chi connectivity index (χ0) is 21.3. The molecule has 3 N–H and O–H groups in total. The fourth-order valence-electron chi connectivity index (χ4n) is 2.71. The third-order valence-corrected chi connectivity index (χ3v) is 4.10. The number of carbonyl (C=O) groups excluding carboxylic acids is 2. The molecule has 1 aromatic heterocycles. The van der Waals surface area contributed by atoms with Crippen LogP contribution in [0.3, 0.4) is 0 Å². The Morgan fingerprint density at radius 2 is 1.77 bits per heavy atom. The van der Waals surface area contributed by atoms with E-state index in [4.69, 9.17) is 9.15 Å². The molecule has 2 amide bonds. The highest BCUT2D eigenvalue weighted by atomic mass is 16.5. The maximum absolute atomic E-state index is 12.1. The third-order valence-electron chi connectivity index (χ3n) is 4.10. The molecule has 0 bridgehead atoms. The molecule has 0 saturated carbocycles. The summed E-state index contributed by atoms with van der Waals surface area (Å²) in [5, 5.41) is 8.68. The standard InChI is InChI=1S/C23H25N3O4/c1-16(2)30-20-10-8-17(9-11-20)14-25-22(27)15-24-18-5-3-6-19(13-18)26-23(28)21-7-4-12-29-21/h3-13,16,24H,14-15H2,1-2H3,(H,25,27)(H,26,28). The SMILES string of the molecule is CC(C)Oc1ccc(CNC(=O)CNc2cccc(NC(=O)c3ccco3)c2)cc1. The van der Waals surface area contributed by atoms with Crippen LogP contribution >= 0.6 is 0 Å². The lowest BCUT2D eigenvalue weighted by atomic mass is 10.2. The van der Waals surface area contributed by atoms with Crippen molar-refractivity contribution >= 4 is 23.2 Å². The zero-order valence-electron chi connectivity index (χ0n) is 17.0. The number of furan rings is 1. The molecule has 0 aliphatic heterocycles. The number of rotatable bonds is 9. The molecule has 0 spiro atoms. The monoisotopic (exact) mass is 407 g/mol. The summed E-state index contributed by atoms with van der Waals surface area (Å²) < 4.78 is 10.7. The largest absolute Gasteiger partial charge is 0.491 e. The Morgan fingerprint density at radius 1 is 1.00 bits per heavy atom. The van der Waals surface area contributed by atoms with E-state index < -0.39 is 0 Å². The van der Waals surface area contributed by atoms with E-state index in [1.165, 1.54) is 6.26 Å². The van der Waals surface area contributed by atoms with Crippen LogP contribution in [0.1, 0.15) is 30.0 Å². The number of anilines is 2. The van der Waals surface area contributed by atoms with E-state index >= 15 is 0 Å². The van der Waals surface area contributed by atoms with Crippen molar-refractivity contribution in [1.82, 2.24) is 5.32 Å². The maximum Gasteiger partial charge on any atom is 0.291 e. The smallest absolute Gasteiger partial charge is 0.291 e. The first-order valence-electron chi connectivity index (χ1n) is 9.70. The molecule has 2 aromatic carbocycles. The van der Waals surface area contributed by atoms with Crippen LogP contribution in [0.4, 0.5) is 11.4 Å². The van der Waals surface area contributed by atoms with Crippen LogP contribution in [0, 0.1) is 0 Å². The molecule has 0 saturated heterocycles. The van der Waals surface area contributed by atoms with Gasteiger partial charge >= 0.3 is 0 Å². The molecule has 0 aliphatic carbocycles. The van der Waals surface area contributed by atoms with Gasteiger partial charge in [0.05, 0.1) is 18.9 Å². The molecular weight excluding hydrogens is 382 g/mol. The summed E-state index contributed by atoms with van der Waals surface area (Å²) in [6, 6.07) is 18.0. The highest BCUT2D eigenvalue weighted by molar-refractivity contribution is 6.02. The van der Waals surface area contributed by atoms with Gasteiger partial charge < -0.3 is 25.1 Å². The predicted molar refractivity (Wildman–Crippen MR) is 116 cm³/mol. The molecule has 0 aliphatic rings. The fraction of sp³-hybridized carbons (Fsp3) is 0.217. The molecule has 1 heterocycles. The van der Waals surface area contributed by atoms with Crippen LogP contribution in [0.2, 0.25) is 0 Å². The van der Waals surface area contributed by atoms with Gasteiger partial charge in [0.1, 0.15) is 5.75 Å². The van der Waals surface area contributed by atoms with Gasteiger partial charge in [0.25, 0.3) is 5.91 Å². The number of benzene rings is 2. The second kappa shape index (κ2) is 10.2. The van der Waals surface area contributed by atoms with E-state index in [-0.39, 0.29) is 30.2 Å². The number of carbonyl (C=O) groups is 2. The van der Waals surface area contributed by atoms with Crippen LogP contribution in [-0.2, 0) is 11.3 Å². The first-order valence-corrected chi connectivity index (χ1v) is 9.70. The Labute approximate surface area is 175 Å². The van der Waals surface area contributed by atoms with E-state index in [1.54, 1.807) is 30.3 Å². The third kappa shape index (κ3) is 6.41. The van der Waals surface area contributed by atoms with Crippen LogP contribution in [-0.4, -0.2) is 24.5 Å². The summed E-state index contributed by atoms with van der Waals surface area (Å²) in [7, 11) is 0. The molecule has 3 aromatic rings. The summed E-state index contributed by atoms with van der Waals surface area (Å²) in [6.07, 6.45) is 1.57. The number of nitrogens with one attached hydrogen (secondary N) is 3. The minimum absolute atomic E-state index is 0.115. The lowest BCUT2D eigenvalue weighted by Crippen LogP contribution is -2.29. The van der Waals surface area contributed by atoms with Crippen LogP contribution in [0.25, 0.3) is 0 Å². The molecule has 7 nitrogen and oxygen atoms in total. The van der Waals surface area contributed by atoms with Crippen LogP contribution in [0.5, 0.6) is 5.75 Å². The summed E-state index contributed by atoms with van der Waals surface area (Å²) >= 11 is 0. The number of hydrogen-bond acceptors (Lipinski definition) is 5. The van der Waals surface area contributed by atoms with E-state index in [0.717, 1.165) is 17.0 Å². The molecule has 0 fully saturated rings. The molecule has 0 radical (unpaired) electrons. The van der Waals surface area contributed by atoms with Crippen molar-refractivity contribution in [1.29, 1.82) is 0 Å². The van der Waals surface area contributed by atoms with Crippen molar-refractivity contribution in [2.24, 2.45) is 0 Å². The Bertz CT molecular complexity index is 966. The molecule has 0 atom stereocenters. The second-order valence-electron chi connectivity index (χ2n) is 6.95. The molecule has 0 unspecified atom stereocenters. The first kappa shape index (κ1) is 21.0. The van der Waals surface area contributed by atoms with Gasteiger partial charge in [0.2, 0.25) is 5.91 Å². The summed E-state index contributed by atoms with van der Waals surface area (Å²) in [5.41, 5.74) is 2.31. The Kier molecular flexibility index (Phi) is 7.10. The van der Waals surface area contributed by atoms with Crippen molar-refractivity contribution in [2.45, 2.75) is 26.5 Å². The van der Waals surface area contributed by atoms with Crippen molar-refractivity contribution in [2.75, 3.05) is 17.2 Å². The Morgan fingerprint density at radius 3 is 2.47 bits per heavy atom. The lowest BCUT2D eigenvalue weighted by molar-refractivity contribution is -0.119. The van der Waals surface area contributed by atoms with Crippen molar-refractivity contribution in [3.05, 3.63) is 78.3 Å². The normalized spacial score (nSPS) is 10.5. The lowest BCUT2D eigenvalue weighted by Gasteiger charge is -2.11. The Balaban J connectivity index is 1.45. The number of ether oxygens (including phenoxy) is 1. The van der Waals surface area contributed by atoms with Crippen molar-refractivity contribution < 1.29 is 18.7 Å². The summed E-state index contributed by atoms with van der Waals surface area (Å²) in [4.78, 5) is 24.2. The molecular formula is C23H25N3O4. The quantitative estimate of drug-likeness (QED) is 0.498. The minimum Gasteiger partial charge on any atom is -0.491 e. The van der Waals surface area contributed by atoms with Gasteiger partial charge in [-0.15, -0.1) is 0 Å². The Hall–Kier alpha value is -3.74. The van der Waals surface area contributed by atoms with E-state index in [0.29, 0.717) is 12.2 Å². The van der Waals surface area contributed by atoms with Crippen LogP contribution in [0.15, 0.2) is 71.3 Å². The van der Waals surface area contributed by atoms with E-state index in [2.05, 4.69) is 16.0 Å². The molecule has 30 heavy (non-hydrogen) atoms. The van der Waals surface area contributed by atoms with E-state index in [9.17, 15) is 9.59 Å². The summed E-state index contributed by atoms with van der Waals surface area (Å²) in [6.45, 7) is 4.50. The van der Waals surface area contributed by atoms with Gasteiger partial charge in [-0.2, -0.15) is 0 Å². The van der Waals surface area contributed by atoms with Gasteiger partial charge in [0, 0.05) is 17.9 Å². The maximum atomic E-state index is 12.1. The average Bonchev–Trinajstić information content (AvgIpc) is 3.27. The highest BCUT2D eigenvalue weighted by Gasteiger charge is 2.09. The topological polar surface area (TPSA) is 92.6 Å². The first-order chi connectivity index (χ1) is 14.5. The zero-order valence-corrected chi connectivity index (χ0v) is 17.0. The fourth-order valence-corrected chi connectivity index (χ4v) is 2.71.